The van der Waals surface area contributed by atoms with Crippen LogP contribution in [0.3, 0.4) is 0 Å². The summed E-state index contributed by atoms with van der Waals surface area (Å²) in [4.78, 5) is 43.3. The molecule has 0 radical (unpaired) electrons. The molecular weight excluding hydrogens is 442 g/mol. The lowest BCUT2D eigenvalue weighted by atomic mass is 10.1. The maximum absolute atomic E-state index is 13.2. The predicted molar refractivity (Wildman–Crippen MR) is 125 cm³/mol. The molecule has 0 saturated heterocycles. The zero-order chi connectivity index (χ0) is 23.4. The Balaban J connectivity index is 1.79. The average Bonchev–Trinajstić information content (AvgIpc) is 2.81. The van der Waals surface area contributed by atoms with Gasteiger partial charge >= 0.3 is 5.69 Å². The Kier molecular flexibility index (Phi) is 6.46. The van der Waals surface area contributed by atoms with Crippen LogP contribution in [-0.4, -0.2) is 25.2 Å². The second kappa shape index (κ2) is 9.62. The van der Waals surface area contributed by atoms with Crippen molar-refractivity contribution in [2.24, 2.45) is 0 Å². The molecule has 0 aliphatic rings. The molecule has 2 heterocycles. The molecule has 8 nitrogen and oxygen atoms in total. The van der Waals surface area contributed by atoms with Crippen molar-refractivity contribution in [1.29, 1.82) is 0 Å². The van der Waals surface area contributed by atoms with E-state index in [0.717, 1.165) is 25.9 Å². The van der Waals surface area contributed by atoms with E-state index in [1.807, 2.05) is 31.2 Å². The summed E-state index contributed by atoms with van der Waals surface area (Å²) in [7, 11) is 0. The number of rotatable bonds is 6. The number of carbonyl (C=O) groups is 1. The third-order valence-corrected chi connectivity index (χ3v) is 5.16. The minimum atomic E-state index is -0.775. The summed E-state index contributed by atoms with van der Waals surface area (Å²) in [6.07, 6.45) is 3.23. The van der Waals surface area contributed by atoms with Crippen LogP contribution >= 0.6 is 11.6 Å². The van der Waals surface area contributed by atoms with Crippen molar-refractivity contribution in [2.75, 3.05) is 0 Å². The Morgan fingerprint density at radius 3 is 2.55 bits per heavy atom. The highest BCUT2D eigenvalue weighted by Gasteiger charge is 2.20. The first-order valence-corrected chi connectivity index (χ1v) is 10.5. The van der Waals surface area contributed by atoms with Gasteiger partial charge in [-0.2, -0.15) is 9.78 Å². The number of nitrogens with zero attached hydrogens (tertiary/aromatic N) is 4. The van der Waals surface area contributed by atoms with E-state index in [0.29, 0.717) is 10.7 Å². The van der Waals surface area contributed by atoms with E-state index in [9.17, 15) is 14.4 Å². The molecule has 0 fully saturated rings. The van der Waals surface area contributed by atoms with E-state index < -0.39 is 22.9 Å². The monoisotopic (exact) mass is 461 g/mol. The molecule has 0 aliphatic heterocycles. The quantitative estimate of drug-likeness (QED) is 0.476. The van der Waals surface area contributed by atoms with Crippen LogP contribution in [0.25, 0.3) is 5.69 Å². The van der Waals surface area contributed by atoms with Gasteiger partial charge in [0.25, 0.3) is 11.5 Å². The van der Waals surface area contributed by atoms with Crippen molar-refractivity contribution in [1.82, 2.24) is 24.6 Å². The van der Waals surface area contributed by atoms with Crippen molar-refractivity contribution in [2.45, 2.75) is 20.0 Å². The number of benzene rings is 2. The number of hydrogen-bond donors (Lipinski definition) is 1. The van der Waals surface area contributed by atoms with Crippen molar-refractivity contribution >= 4 is 17.5 Å². The Bertz CT molecular complexity index is 1430. The van der Waals surface area contributed by atoms with E-state index in [1.54, 1.807) is 42.7 Å². The van der Waals surface area contributed by atoms with Crippen LogP contribution in [0.5, 0.6) is 0 Å². The van der Waals surface area contributed by atoms with Crippen molar-refractivity contribution in [3.05, 3.63) is 121 Å². The number of hydrogen-bond acceptors (Lipinski definition) is 5. The molecule has 0 atom stereocenters. The van der Waals surface area contributed by atoms with Crippen molar-refractivity contribution < 1.29 is 4.79 Å². The van der Waals surface area contributed by atoms with Gasteiger partial charge in [-0.05, 0) is 42.3 Å². The van der Waals surface area contributed by atoms with Gasteiger partial charge in [0.2, 0.25) is 5.69 Å². The summed E-state index contributed by atoms with van der Waals surface area (Å²) < 4.78 is 2.02. The highest BCUT2D eigenvalue weighted by Crippen LogP contribution is 2.12. The Labute approximate surface area is 194 Å². The number of aryl methyl sites for hydroxylation is 1. The summed E-state index contributed by atoms with van der Waals surface area (Å²) in [5, 5.41) is 7.16. The Morgan fingerprint density at radius 1 is 1.03 bits per heavy atom. The van der Waals surface area contributed by atoms with Gasteiger partial charge in [-0.1, -0.05) is 53.6 Å². The Hall–Kier alpha value is -4.04. The highest BCUT2D eigenvalue weighted by atomic mass is 35.5. The standard InChI is InChI=1S/C24H20ClN5O3/c1-16-5-2-6-17(11-16)15-29-23(32)21(22(31)27-14-18-7-4-10-26-13-18)28-30(24(29)33)20-9-3-8-19(25)12-20/h2-13H,14-15H2,1H3,(H,27,31). The van der Waals surface area contributed by atoms with Crippen LogP contribution in [0.2, 0.25) is 5.02 Å². The zero-order valence-corrected chi connectivity index (χ0v) is 18.5. The molecule has 1 N–H and O–H groups in total. The third kappa shape index (κ3) is 5.07. The maximum Gasteiger partial charge on any atom is 0.352 e. The first kappa shape index (κ1) is 22.2. The summed E-state index contributed by atoms with van der Waals surface area (Å²) in [5.74, 6) is -0.697. The van der Waals surface area contributed by atoms with Gasteiger partial charge in [-0.3, -0.25) is 19.1 Å². The summed E-state index contributed by atoms with van der Waals surface area (Å²) in [5.41, 5.74) is 0.988. The van der Waals surface area contributed by atoms with Gasteiger partial charge in [-0.15, -0.1) is 0 Å². The first-order chi connectivity index (χ1) is 15.9. The molecule has 9 heteroatoms. The largest absolute Gasteiger partial charge is 0.352 e. The number of aromatic nitrogens is 4. The van der Waals surface area contributed by atoms with E-state index in [4.69, 9.17) is 11.6 Å². The van der Waals surface area contributed by atoms with Crippen LogP contribution in [0.1, 0.15) is 27.2 Å². The summed E-state index contributed by atoms with van der Waals surface area (Å²) >= 11 is 6.09. The van der Waals surface area contributed by atoms with Crippen molar-refractivity contribution in [3.63, 3.8) is 0 Å². The fourth-order valence-electron chi connectivity index (χ4n) is 3.33. The molecule has 2 aromatic heterocycles. The molecule has 0 saturated carbocycles. The predicted octanol–water partition coefficient (Wildman–Crippen LogP) is 2.73. The van der Waals surface area contributed by atoms with E-state index >= 15 is 0 Å². The Morgan fingerprint density at radius 2 is 1.82 bits per heavy atom. The molecular formula is C24H20ClN5O3. The van der Waals surface area contributed by atoms with Gasteiger partial charge < -0.3 is 5.32 Å². The van der Waals surface area contributed by atoms with Crippen LogP contribution < -0.4 is 16.6 Å². The molecule has 2 aromatic carbocycles. The zero-order valence-electron chi connectivity index (χ0n) is 17.7. The summed E-state index contributed by atoms with van der Waals surface area (Å²) in [6.45, 7) is 2.06. The van der Waals surface area contributed by atoms with Gasteiger partial charge in [0.05, 0.1) is 12.2 Å². The number of halogens is 1. The van der Waals surface area contributed by atoms with Gasteiger partial charge in [0, 0.05) is 24.0 Å². The molecule has 0 spiro atoms. The van der Waals surface area contributed by atoms with Crippen LogP contribution in [0.15, 0.2) is 82.6 Å². The SMILES string of the molecule is Cc1cccc(Cn2c(=O)c(C(=O)NCc3cccnc3)nn(-c3cccc(Cl)c3)c2=O)c1. The molecule has 0 aliphatic carbocycles. The molecule has 0 unspecified atom stereocenters. The van der Waals surface area contributed by atoms with Crippen LogP contribution in [0.4, 0.5) is 0 Å². The van der Waals surface area contributed by atoms with E-state index in [2.05, 4.69) is 15.4 Å². The lowest BCUT2D eigenvalue weighted by Gasteiger charge is -2.13. The van der Waals surface area contributed by atoms with E-state index in [-0.39, 0.29) is 13.1 Å². The van der Waals surface area contributed by atoms with Gasteiger partial charge in [0.15, 0.2) is 0 Å². The fraction of sp³-hybridized carbons (Fsp3) is 0.125. The molecule has 33 heavy (non-hydrogen) atoms. The normalized spacial score (nSPS) is 10.7. The number of pyridine rings is 1. The number of nitrogens with one attached hydrogen (secondary N) is 1. The minimum absolute atomic E-state index is 0.00861. The third-order valence-electron chi connectivity index (χ3n) is 4.93. The second-order valence-corrected chi connectivity index (χ2v) is 7.88. The lowest BCUT2D eigenvalue weighted by molar-refractivity contribution is 0.0941. The smallest absolute Gasteiger partial charge is 0.346 e. The maximum atomic E-state index is 13.2. The second-order valence-electron chi connectivity index (χ2n) is 7.45. The van der Waals surface area contributed by atoms with E-state index in [1.165, 1.54) is 6.07 Å². The molecule has 0 bridgehead atoms. The topological polar surface area (TPSA) is 98.9 Å². The first-order valence-electron chi connectivity index (χ1n) is 10.1. The fourth-order valence-corrected chi connectivity index (χ4v) is 3.52. The summed E-state index contributed by atoms with van der Waals surface area (Å²) in [6, 6.07) is 17.5. The lowest BCUT2D eigenvalue weighted by Crippen LogP contribution is -2.46. The van der Waals surface area contributed by atoms with Gasteiger partial charge in [0.1, 0.15) is 0 Å². The van der Waals surface area contributed by atoms with Crippen LogP contribution in [-0.2, 0) is 13.1 Å². The number of amides is 1. The van der Waals surface area contributed by atoms with Gasteiger partial charge in [-0.25, -0.2) is 4.79 Å². The average molecular weight is 462 g/mol. The molecule has 1 amide bonds. The number of carbonyl (C=O) groups excluding carboxylic acids is 1. The molecule has 4 aromatic rings. The van der Waals surface area contributed by atoms with Crippen LogP contribution in [0, 0.1) is 6.92 Å². The highest BCUT2D eigenvalue weighted by molar-refractivity contribution is 6.30. The minimum Gasteiger partial charge on any atom is -0.346 e. The molecule has 4 rings (SSSR count). The molecule has 166 valence electrons. The van der Waals surface area contributed by atoms with Crippen molar-refractivity contribution in [3.8, 4) is 5.69 Å².